The maximum Gasteiger partial charge on any atom is 0.273 e. The Morgan fingerprint density at radius 3 is 2.94 bits per heavy atom. The van der Waals surface area contributed by atoms with E-state index in [2.05, 4.69) is 25.9 Å². The summed E-state index contributed by atoms with van der Waals surface area (Å²) in [6.45, 7) is 0.510. The van der Waals surface area contributed by atoms with Gasteiger partial charge in [-0.2, -0.15) is 0 Å². The fraction of sp³-hybridized carbons (Fsp3) is 0.227. The molecule has 1 aromatic carbocycles. The first-order valence-corrected chi connectivity index (χ1v) is 11.7. The van der Waals surface area contributed by atoms with Crippen LogP contribution in [-0.2, 0) is 22.7 Å². The number of imidazole rings is 1. The van der Waals surface area contributed by atoms with E-state index in [9.17, 15) is 19.2 Å². The minimum absolute atomic E-state index is 0.146. The van der Waals surface area contributed by atoms with Crippen molar-refractivity contribution in [1.29, 1.82) is 0 Å². The highest BCUT2D eigenvalue weighted by molar-refractivity contribution is 7.15. The smallest absolute Gasteiger partial charge is 0.273 e. The molecule has 2 aliphatic rings. The van der Waals surface area contributed by atoms with E-state index in [1.807, 2.05) is 22.2 Å². The van der Waals surface area contributed by atoms with Crippen molar-refractivity contribution < 1.29 is 19.2 Å². The maximum atomic E-state index is 12.9. The Hall–Kier alpha value is -4.39. The predicted octanol–water partition coefficient (Wildman–Crippen LogP) is 0.667. The van der Waals surface area contributed by atoms with Gasteiger partial charge in [-0.1, -0.05) is 5.21 Å². The van der Waals surface area contributed by atoms with Gasteiger partial charge in [0.15, 0.2) is 10.7 Å². The zero-order valence-electron chi connectivity index (χ0n) is 18.2. The predicted molar refractivity (Wildman–Crippen MR) is 122 cm³/mol. The third-order valence-corrected chi connectivity index (χ3v) is 6.84. The van der Waals surface area contributed by atoms with Crippen LogP contribution in [0.25, 0.3) is 10.6 Å². The van der Waals surface area contributed by atoms with Crippen LogP contribution in [-0.4, -0.2) is 58.9 Å². The maximum absolute atomic E-state index is 12.9. The van der Waals surface area contributed by atoms with Crippen molar-refractivity contribution in [2.75, 3.05) is 0 Å². The average molecular weight is 491 g/mol. The van der Waals surface area contributed by atoms with Crippen molar-refractivity contribution in [3.63, 3.8) is 0 Å². The van der Waals surface area contributed by atoms with Crippen molar-refractivity contribution in [2.24, 2.45) is 0 Å². The minimum atomic E-state index is -0.677. The third-order valence-electron chi connectivity index (χ3n) is 6.07. The second-order valence-corrected chi connectivity index (χ2v) is 9.17. The molecule has 1 unspecified atom stereocenters. The van der Waals surface area contributed by atoms with Crippen LogP contribution < -0.4 is 10.6 Å². The molecule has 1 saturated heterocycles. The van der Waals surface area contributed by atoms with Gasteiger partial charge in [0, 0.05) is 36.3 Å². The number of nitrogens with zero attached hydrogens (tertiary/aromatic N) is 6. The van der Waals surface area contributed by atoms with Crippen molar-refractivity contribution >= 4 is 39.9 Å². The Balaban J connectivity index is 1.15. The molecule has 1 fully saturated rings. The Kier molecular flexibility index (Phi) is 4.91. The lowest BCUT2D eigenvalue weighted by Gasteiger charge is -2.29. The number of carbonyl (C=O) groups is 4. The van der Waals surface area contributed by atoms with Crippen molar-refractivity contribution in [3.05, 3.63) is 64.7 Å². The summed E-state index contributed by atoms with van der Waals surface area (Å²) < 4.78 is 3.35. The number of hydrogen-bond acceptors (Lipinski definition) is 8. The molecule has 35 heavy (non-hydrogen) atoms. The number of piperidine rings is 1. The van der Waals surface area contributed by atoms with Crippen LogP contribution in [0.5, 0.6) is 0 Å². The topological polar surface area (TPSA) is 144 Å². The fourth-order valence-corrected chi connectivity index (χ4v) is 5.04. The molecule has 12 nitrogen and oxygen atoms in total. The van der Waals surface area contributed by atoms with Crippen LogP contribution in [0.1, 0.15) is 44.9 Å². The molecule has 1 atom stereocenters. The van der Waals surface area contributed by atoms with Gasteiger partial charge in [0.2, 0.25) is 11.8 Å². The van der Waals surface area contributed by atoms with Crippen LogP contribution in [0.2, 0.25) is 0 Å². The molecule has 6 rings (SSSR count). The largest absolute Gasteiger partial charge is 0.345 e. The molecular weight excluding hydrogens is 472 g/mol. The highest BCUT2D eigenvalue weighted by Crippen LogP contribution is 2.29. The molecule has 4 amide bonds. The number of fused-ring (bicyclic) bond motifs is 2. The van der Waals surface area contributed by atoms with Gasteiger partial charge in [-0.05, 0) is 30.2 Å². The lowest BCUT2D eigenvalue weighted by atomic mass is 10.0. The van der Waals surface area contributed by atoms with Gasteiger partial charge in [0.1, 0.15) is 6.04 Å². The van der Waals surface area contributed by atoms with Crippen LogP contribution in [0, 0.1) is 0 Å². The van der Waals surface area contributed by atoms with Gasteiger partial charge < -0.3 is 10.2 Å². The lowest BCUT2D eigenvalue weighted by molar-refractivity contribution is -0.136. The summed E-state index contributed by atoms with van der Waals surface area (Å²) >= 11 is 1.51. The Morgan fingerprint density at radius 1 is 1.23 bits per heavy atom. The molecule has 0 aliphatic carbocycles. The summed E-state index contributed by atoms with van der Waals surface area (Å²) in [7, 11) is 0. The molecule has 0 bridgehead atoms. The standard InChI is InChI=1S/C22H18N8O4S/c31-18-4-3-17(20(33)25-18)29-9-12-7-14(1-2-15(12)21(29)34)30-11-16(26-27-30)19(32)23-8-13-10-28-5-6-35-22(28)24-13/h1-2,5-7,10-11,17H,3-4,8-9H2,(H,23,32)(H,25,31,33). The number of nitrogens with one attached hydrogen (secondary N) is 2. The highest BCUT2D eigenvalue weighted by Gasteiger charge is 2.39. The van der Waals surface area contributed by atoms with Crippen LogP contribution in [0.15, 0.2) is 42.2 Å². The monoisotopic (exact) mass is 490 g/mol. The molecule has 2 N–H and O–H groups in total. The molecule has 0 saturated carbocycles. The van der Waals surface area contributed by atoms with Gasteiger partial charge in [0.05, 0.1) is 24.1 Å². The number of thiazole rings is 1. The normalized spacial score (nSPS) is 17.7. The first kappa shape index (κ1) is 21.2. The molecule has 5 heterocycles. The number of imide groups is 1. The Labute approximate surface area is 201 Å². The summed E-state index contributed by atoms with van der Waals surface area (Å²) in [4.78, 5) is 55.8. The summed E-state index contributed by atoms with van der Waals surface area (Å²) in [6, 6.07) is 4.49. The molecule has 13 heteroatoms. The molecule has 176 valence electrons. The molecule has 0 radical (unpaired) electrons. The quantitative estimate of drug-likeness (QED) is 0.391. The minimum Gasteiger partial charge on any atom is -0.345 e. The van der Waals surface area contributed by atoms with Crippen molar-refractivity contribution in [2.45, 2.75) is 32.0 Å². The number of benzene rings is 1. The van der Waals surface area contributed by atoms with E-state index in [-0.39, 0.29) is 42.9 Å². The van der Waals surface area contributed by atoms with E-state index in [1.54, 1.807) is 18.2 Å². The van der Waals surface area contributed by atoms with Gasteiger partial charge >= 0.3 is 0 Å². The number of carbonyl (C=O) groups excluding carboxylic acids is 4. The number of amides is 4. The van der Waals surface area contributed by atoms with Gasteiger partial charge in [-0.25, -0.2) is 9.67 Å². The summed E-state index contributed by atoms with van der Waals surface area (Å²) in [5.74, 6) is -1.41. The number of aromatic nitrogens is 5. The van der Waals surface area contributed by atoms with Crippen LogP contribution >= 0.6 is 11.3 Å². The zero-order chi connectivity index (χ0) is 24.1. The van der Waals surface area contributed by atoms with E-state index in [1.165, 1.54) is 27.1 Å². The second kappa shape index (κ2) is 8.13. The zero-order valence-corrected chi connectivity index (χ0v) is 19.0. The van der Waals surface area contributed by atoms with Gasteiger partial charge in [-0.3, -0.25) is 28.9 Å². The second-order valence-electron chi connectivity index (χ2n) is 8.30. The number of rotatable bonds is 5. The number of hydrogen-bond donors (Lipinski definition) is 2. The average Bonchev–Trinajstić information content (AvgIpc) is 3.61. The fourth-order valence-electron chi connectivity index (χ4n) is 4.32. The first-order valence-electron chi connectivity index (χ1n) is 10.9. The van der Waals surface area contributed by atoms with E-state index >= 15 is 0 Å². The van der Waals surface area contributed by atoms with E-state index in [0.717, 1.165) is 16.2 Å². The highest BCUT2D eigenvalue weighted by atomic mass is 32.1. The molecule has 3 aromatic heterocycles. The van der Waals surface area contributed by atoms with Crippen LogP contribution in [0.3, 0.4) is 0 Å². The molecule has 0 spiro atoms. The van der Waals surface area contributed by atoms with Crippen molar-refractivity contribution in [3.8, 4) is 5.69 Å². The van der Waals surface area contributed by atoms with E-state index < -0.39 is 11.9 Å². The first-order chi connectivity index (χ1) is 17.0. The summed E-state index contributed by atoms with van der Waals surface area (Å²) in [5.41, 5.74) is 2.74. The van der Waals surface area contributed by atoms with E-state index in [4.69, 9.17) is 0 Å². The van der Waals surface area contributed by atoms with Crippen molar-refractivity contribution in [1.82, 2.24) is 39.9 Å². The lowest BCUT2D eigenvalue weighted by Crippen LogP contribution is -2.52. The SMILES string of the molecule is O=C1CCC(N2Cc3cc(-n4cc(C(=O)NCc5cn6ccsc6n5)nn4)ccc3C2=O)C(=O)N1. The van der Waals surface area contributed by atoms with Gasteiger partial charge in [0.25, 0.3) is 11.8 Å². The van der Waals surface area contributed by atoms with E-state index in [0.29, 0.717) is 17.7 Å². The summed E-state index contributed by atoms with van der Waals surface area (Å²) in [6.07, 6.45) is 5.77. The molecule has 2 aliphatic heterocycles. The molecule has 4 aromatic rings. The Bertz CT molecular complexity index is 1490. The van der Waals surface area contributed by atoms with Crippen LogP contribution in [0.4, 0.5) is 0 Å². The molecular formula is C22H18N8O4S. The third kappa shape index (κ3) is 3.75. The van der Waals surface area contributed by atoms with Gasteiger partial charge in [-0.15, -0.1) is 16.4 Å². The summed E-state index contributed by atoms with van der Waals surface area (Å²) in [5, 5.41) is 15.0. The Morgan fingerprint density at radius 2 is 2.11 bits per heavy atom.